The van der Waals surface area contributed by atoms with Crippen LogP contribution >= 0.6 is 11.6 Å². The Morgan fingerprint density at radius 3 is 2.13 bits per heavy atom. The summed E-state index contributed by atoms with van der Waals surface area (Å²) in [6, 6.07) is 7.52. The van der Waals surface area contributed by atoms with Gasteiger partial charge in [0.1, 0.15) is 11.6 Å². The highest BCUT2D eigenvalue weighted by Gasteiger charge is 2.30. The van der Waals surface area contributed by atoms with Gasteiger partial charge in [0.25, 0.3) is 0 Å². The third-order valence-electron chi connectivity index (χ3n) is 2.52. The molecule has 0 aliphatic heterocycles. The smallest absolute Gasteiger partial charge is 0.406 e. The Kier molecular flexibility index (Phi) is 4.95. The highest BCUT2D eigenvalue weighted by Crippen LogP contribution is 2.24. The zero-order valence-corrected chi connectivity index (χ0v) is 12.0. The van der Waals surface area contributed by atoms with Crippen molar-refractivity contribution in [2.45, 2.75) is 6.36 Å². The highest BCUT2D eigenvalue weighted by molar-refractivity contribution is 6.31. The molecule has 2 N–H and O–H groups in total. The van der Waals surface area contributed by atoms with Gasteiger partial charge in [-0.05, 0) is 42.5 Å². The molecule has 0 radical (unpaired) electrons. The van der Waals surface area contributed by atoms with Crippen LogP contribution in [0.2, 0.25) is 5.02 Å². The highest BCUT2D eigenvalue weighted by atomic mass is 35.5. The number of halogens is 5. The molecular weight excluding hydrogens is 340 g/mol. The van der Waals surface area contributed by atoms with Crippen molar-refractivity contribution in [1.29, 1.82) is 0 Å². The Morgan fingerprint density at radius 1 is 1.00 bits per heavy atom. The Morgan fingerprint density at radius 2 is 1.57 bits per heavy atom. The van der Waals surface area contributed by atoms with Crippen LogP contribution in [0.3, 0.4) is 0 Å². The summed E-state index contributed by atoms with van der Waals surface area (Å²) in [7, 11) is 0. The second-order valence-electron chi connectivity index (χ2n) is 4.28. The lowest BCUT2D eigenvalue weighted by molar-refractivity contribution is -0.274. The molecule has 122 valence electrons. The number of carbonyl (C=O) groups is 1. The first-order valence-corrected chi connectivity index (χ1v) is 6.49. The number of benzene rings is 2. The van der Waals surface area contributed by atoms with Crippen LogP contribution < -0.4 is 15.4 Å². The molecule has 0 bridgehead atoms. The molecule has 0 aromatic heterocycles. The number of ether oxygens (including phenoxy) is 1. The first-order valence-electron chi connectivity index (χ1n) is 6.12. The number of alkyl halides is 3. The largest absolute Gasteiger partial charge is 0.573 e. The van der Waals surface area contributed by atoms with E-state index in [1.165, 1.54) is 24.3 Å². The van der Waals surface area contributed by atoms with Crippen LogP contribution in [0.5, 0.6) is 5.75 Å². The number of nitrogens with one attached hydrogen (secondary N) is 2. The van der Waals surface area contributed by atoms with Gasteiger partial charge >= 0.3 is 12.4 Å². The second-order valence-corrected chi connectivity index (χ2v) is 4.69. The minimum absolute atomic E-state index is 0.156. The van der Waals surface area contributed by atoms with Crippen molar-refractivity contribution >= 4 is 29.0 Å². The van der Waals surface area contributed by atoms with E-state index in [1.807, 2.05) is 0 Å². The SMILES string of the molecule is O=C(Nc1ccc(OC(F)(F)F)cc1)Nc1ccc(F)c(Cl)c1. The molecule has 4 nitrogen and oxygen atoms in total. The van der Waals surface area contributed by atoms with Crippen molar-refractivity contribution in [3.05, 3.63) is 53.3 Å². The standard InChI is InChI=1S/C14H9ClF4N2O2/c15-11-7-9(3-6-12(11)16)21-13(22)20-8-1-4-10(5-2-8)23-14(17,18)19/h1-7H,(H2,20,21,22). The fraction of sp³-hybridized carbons (Fsp3) is 0.0714. The fourth-order valence-electron chi connectivity index (χ4n) is 1.61. The van der Waals surface area contributed by atoms with E-state index in [4.69, 9.17) is 11.6 Å². The number of rotatable bonds is 3. The van der Waals surface area contributed by atoms with Crippen LogP contribution in [0.1, 0.15) is 0 Å². The zero-order chi connectivity index (χ0) is 17.0. The van der Waals surface area contributed by atoms with Gasteiger partial charge in [-0.25, -0.2) is 9.18 Å². The normalized spacial score (nSPS) is 11.0. The Balaban J connectivity index is 1.96. The number of amides is 2. The molecule has 0 fully saturated rings. The van der Waals surface area contributed by atoms with E-state index in [1.54, 1.807) is 0 Å². The average molecular weight is 349 g/mol. The zero-order valence-electron chi connectivity index (χ0n) is 11.2. The van der Waals surface area contributed by atoms with Crippen molar-refractivity contribution < 1.29 is 27.1 Å². The summed E-state index contributed by atoms with van der Waals surface area (Å²) in [4.78, 5) is 11.7. The van der Waals surface area contributed by atoms with Crippen LogP contribution in [0.25, 0.3) is 0 Å². The minimum atomic E-state index is -4.78. The van der Waals surface area contributed by atoms with Crippen LogP contribution in [-0.4, -0.2) is 12.4 Å². The Labute approximate surface area is 133 Å². The van der Waals surface area contributed by atoms with Gasteiger partial charge in [0.05, 0.1) is 5.02 Å². The van der Waals surface area contributed by atoms with Crippen molar-refractivity contribution in [2.75, 3.05) is 10.6 Å². The monoisotopic (exact) mass is 348 g/mol. The molecule has 0 saturated heterocycles. The lowest BCUT2D eigenvalue weighted by Crippen LogP contribution is -2.19. The van der Waals surface area contributed by atoms with Crippen LogP contribution in [0.15, 0.2) is 42.5 Å². The third-order valence-corrected chi connectivity index (χ3v) is 2.81. The molecule has 2 amide bonds. The predicted molar refractivity (Wildman–Crippen MR) is 77.2 cm³/mol. The van der Waals surface area contributed by atoms with Gasteiger partial charge < -0.3 is 15.4 Å². The Hall–Kier alpha value is -2.48. The number of anilines is 2. The van der Waals surface area contributed by atoms with E-state index in [0.717, 1.165) is 18.2 Å². The summed E-state index contributed by atoms with van der Waals surface area (Å²) in [5, 5.41) is 4.63. The summed E-state index contributed by atoms with van der Waals surface area (Å²) in [6.07, 6.45) is -4.78. The molecule has 2 aromatic carbocycles. The summed E-state index contributed by atoms with van der Waals surface area (Å²) in [5.74, 6) is -1.04. The van der Waals surface area contributed by atoms with Gasteiger partial charge in [-0.2, -0.15) is 0 Å². The molecular formula is C14H9ClF4N2O2. The lowest BCUT2D eigenvalue weighted by Gasteiger charge is -2.10. The van der Waals surface area contributed by atoms with Crippen molar-refractivity contribution in [3.8, 4) is 5.75 Å². The molecule has 2 aromatic rings. The van der Waals surface area contributed by atoms with Crippen LogP contribution in [-0.2, 0) is 0 Å². The summed E-state index contributed by atoms with van der Waals surface area (Å²) in [5.41, 5.74) is 0.496. The molecule has 0 spiro atoms. The van der Waals surface area contributed by atoms with Gasteiger partial charge in [0.2, 0.25) is 0 Å². The fourth-order valence-corrected chi connectivity index (χ4v) is 1.79. The molecule has 2 rings (SSSR count). The van der Waals surface area contributed by atoms with E-state index in [0.29, 0.717) is 0 Å². The maximum atomic E-state index is 13.0. The van der Waals surface area contributed by atoms with Crippen LogP contribution in [0, 0.1) is 5.82 Å². The van der Waals surface area contributed by atoms with Crippen molar-refractivity contribution in [2.24, 2.45) is 0 Å². The van der Waals surface area contributed by atoms with E-state index < -0.39 is 24.0 Å². The summed E-state index contributed by atoms with van der Waals surface area (Å²) < 4.78 is 52.7. The first kappa shape index (κ1) is 16.9. The third kappa shape index (κ3) is 5.33. The summed E-state index contributed by atoms with van der Waals surface area (Å²) >= 11 is 5.58. The quantitative estimate of drug-likeness (QED) is 0.765. The predicted octanol–water partition coefficient (Wildman–Crippen LogP) is 5.02. The van der Waals surface area contributed by atoms with Crippen molar-refractivity contribution in [1.82, 2.24) is 0 Å². The maximum Gasteiger partial charge on any atom is 0.573 e. The van der Waals surface area contributed by atoms with Gasteiger partial charge in [0.15, 0.2) is 0 Å². The van der Waals surface area contributed by atoms with Crippen molar-refractivity contribution in [3.63, 3.8) is 0 Å². The van der Waals surface area contributed by atoms with E-state index in [2.05, 4.69) is 15.4 Å². The van der Waals surface area contributed by atoms with E-state index >= 15 is 0 Å². The van der Waals surface area contributed by atoms with Gasteiger partial charge in [-0.3, -0.25) is 0 Å². The number of carbonyl (C=O) groups excluding carboxylic acids is 1. The minimum Gasteiger partial charge on any atom is -0.406 e. The number of hydrogen-bond acceptors (Lipinski definition) is 2. The van der Waals surface area contributed by atoms with Gasteiger partial charge in [0, 0.05) is 11.4 Å². The van der Waals surface area contributed by atoms with Crippen LogP contribution in [0.4, 0.5) is 33.7 Å². The maximum absolute atomic E-state index is 13.0. The Bertz CT molecular complexity index is 705. The molecule has 0 aliphatic rings. The lowest BCUT2D eigenvalue weighted by atomic mass is 10.3. The number of hydrogen-bond donors (Lipinski definition) is 2. The van der Waals surface area contributed by atoms with Gasteiger partial charge in [-0.15, -0.1) is 13.2 Å². The first-order chi connectivity index (χ1) is 10.7. The van der Waals surface area contributed by atoms with E-state index in [9.17, 15) is 22.4 Å². The summed E-state index contributed by atoms with van der Waals surface area (Å²) in [6.45, 7) is 0. The van der Waals surface area contributed by atoms with E-state index in [-0.39, 0.29) is 16.4 Å². The molecule has 0 heterocycles. The van der Waals surface area contributed by atoms with Gasteiger partial charge in [-0.1, -0.05) is 11.6 Å². The average Bonchev–Trinajstić information content (AvgIpc) is 2.43. The second kappa shape index (κ2) is 6.74. The number of urea groups is 1. The topological polar surface area (TPSA) is 50.4 Å². The molecule has 23 heavy (non-hydrogen) atoms. The molecule has 0 atom stereocenters. The molecule has 0 saturated carbocycles. The molecule has 0 aliphatic carbocycles. The molecule has 0 unspecified atom stereocenters. The molecule has 9 heteroatoms.